The quantitative estimate of drug-likeness (QED) is 0.118. The Morgan fingerprint density at radius 3 is 1.04 bits per heavy atom. The second-order valence-electron chi connectivity index (χ2n) is 43.9. The van der Waals surface area contributed by atoms with Crippen LogP contribution in [0.4, 0.5) is 0 Å². The Hall–Kier alpha value is -4.10. The Kier molecular flexibility index (Phi) is 24.0. The van der Waals surface area contributed by atoms with E-state index in [0.717, 1.165) is 177 Å². The van der Waals surface area contributed by atoms with Crippen molar-refractivity contribution in [2.45, 2.75) is 295 Å². The molecule has 0 radical (unpaired) electrons. The Labute approximate surface area is 694 Å². The molecule has 14 fully saturated rings. The maximum Gasteiger partial charge on any atom is 0.178 e. The molecule has 10 N–H and O–H groups in total. The van der Waals surface area contributed by atoms with Gasteiger partial charge in [0.1, 0.15) is 11.5 Å². The molecule has 2 aromatic rings. The molecule has 14 saturated carbocycles. The van der Waals surface area contributed by atoms with E-state index in [2.05, 4.69) is 79.7 Å². The SMILES string of the molecule is COC[C@@H]1C[C@H]2[C@@H]3CC[C@H](O)[C@@]3(C)CC[C@@H]2[C@@]2(C)C=CC(=O)C=C12.COC[C@@H]1C[C@H]2[C@@H]3CC[C@H](O)[C@@]3(C)CC[C@@H]2[C@@]2(C)CCC(O)CC12.COC[C@H]1C[C@H]2[C@@H]3CC[C@H](O)[C@@]3(C)CC[C@@H]2[C@@]2(C)C=CC(=O)C=C12.C[C@]12CC[C@@H]3c4ccc(O)cc4[C@@H](CO)C[C@H]3[C@@H]1CC[C@@H]2O.C[C@]12CC[C@@H]3c4ccc(O)cc4[C@H](CO)C[C@H]3[C@@H]1CC[C@@H]2O. The van der Waals surface area contributed by atoms with Gasteiger partial charge in [-0.15, -0.1) is 0 Å². The zero-order valence-electron chi connectivity index (χ0n) is 72.4. The van der Waals surface area contributed by atoms with Crippen molar-refractivity contribution in [1.82, 2.24) is 0 Å². The van der Waals surface area contributed by atoms with Crippen LogP contribution in [-0.4, -0.2) is 154 Å². The first kappa shape index (κ1) is 85.5. The lowest BCUT2D eigenvalue weighted by atomic mass is 9.43. The van der Waals surface area contributed by atoms with Crippen LogP contribution in [0.15, 0.2) is 84.0 Å². The summed E-state index contributed by atoms with van der Waals surface area (Å²) in [7, 11) is 5.34. The Morgan fingerprint density at radius 2 is 0.672 bits per heavy atom. The number of carbonyl (C=O) groups is 2. The average Bonchev–Trinajstić information content (AvgIpc) is 1.30. The van der Waals surface area contributed by atoms with Crippen LogP contribution in [0.25, 0.3) is 0 Å². The van der Waals surface area contributed by atoms with Crippen LogP contribution in [0.1, 0.15) is 281 Å². The van der Waals surface area contributed by atoms with Crippen molar-refractivity contribution in [2.24, 2.45) is 144 Å². The minimum atomic E-state index is -0.160. The van der Waals surface area contributed by atoms with E-state index in [0.29, 0.717) is 131 Å². The summed E-state index contributed by atoms with van der Waals surface area (Å²) in [4.78, 5) is 24.0. The highest BCUT2D eigenvalue weighted by Gasteiger charge is 2.66. The van der Waals surface area contributed by atoms with Gasteiger partial charge in [0.15, 0.2) is 11.6 Å². The van der Waals surface area contributed by atoms with Crippen molar-refractivity contribution in [3.05, 3.63) is 106 Å². The molecule has 0 aromatic heterocycles. The van der Waals surface area contributed by atoms with Crippen LogP contribution in [0.5, 0.6) is 11.5 Å². The summed E-state index contributed by atoms with van der Waals surface area (Å²) in [5.74, 6) is 12.1. The summed E-state index contributed by atoms with van der Waals surface area (Å²) < 4.78 is 16.7. The van der Waals surface area contributed by atoms with Crippen LogP contribution in [0.2, 0.25) is 0 Å². The number of phenolic OH excluding ortho intramolecular Hbond substituents is 2. The highest BCUT2D eigenvalue weighted by Crippen LogP contribution is 2.72. The minimum absolute atomic E-state index is 0.0190. The topological polar surface area (TPSA) is 264 Å². The highest BCUT2D eigenvalue weighted by atomic mass is 16.5. The first-order valence-corrected chi connectivity index (χ1v) is 46.6. The van der Waals surface area contributed by atoms with Crippen molar-refractivity contribution < 1.29 is 74.9 Å². The number of phenols is 2. The number of benzene rings is 2. The smallest absolute Gasteiger partial charge is 0.178 e. The third-order valence-corrected chi connectivity index (χ3v) is 39.4. The molecule has 2 unspecified atom stereocenters. The second kappa shape index (κ2) is 32.5. The molecule has 642 valence electrons. The Morgan fingerprint density at radius 1 is 0.345 bits per heavy atom. The van der Waals surface area contributed by atoms with E-state index in [9.17, 15) is 60.7 Å². The van der Waals surface area contributed by atoms with Gasteiger partial charge in [-0.2, -0.15) is 0 Å². The minimum Gasteiger partial charge on any atom is -0.508 e. The van der Waals surface area contributed by atoms with Gasteiger partial charge in [0.25, 0.3) is 0 Å². The summed E-state index contributed by atoms with van der Waals surface area (Å²) in [6, 6.07) is 11.4. The average molecular weight is 1600 g/mol. The molecular weight excluding hydrogens is 1450 g/mol. The standard InChI is InChI=1S/C21H36O3.2C21H30O3.2C19H26O3/c3*1-20-8-6-14(22)11-18(20)13(12-24-3)10-15-16-4-5-19(23)21(16,2)9-7-17(15)20;2*1-19-7-6-14-13-3-2-12(21)9-15(13)11(10-20)8-16(14)17(19)4-5-18(19)22/h13-19,22-23H,4-12H2,1-3H3;2*6,8,11,13,15-17,19,23H,4-5,7,9-10,12H2,1-3H3;2*2-3,9,11,14,16-18,20-22H,4-8,10H2,1H3/t13-,14?,15-,16-,17-,18?,19-,20+,21-;13-,15+,16+,17+,19+,20-,21+;13-,15-,16-,17-,19-,20+,21-;11-,14+,16+,17-,18-,19-;11-,14-,16-,17+,18+,19+/m01001/s1. The number of aliphatic hydroxyl groups is 8. The normalized spacial score (nSPS) is 49.0. The molecule has 15 nitrogen and oxygen atoms in total. The number of hydrogen-bond donors (Lipinski definition) is 10. The van der Waals surface area contributed by atoms with Gasteiger partial charge in [0.05, 0.1) is 49.8 Å². The van der Waals surface area contributed by atoms with Crippen molar-refractivity contribution >= 4 is 11.6 Å². The molecule has 18 aliphatic rings. The van der Waals surface area contributed by atoms with E-state index in [-0.39, 0.29) is 111 Å². The fraction of sp³-hybridized carbons (Fsp3) is 0.782. The summed E-state index contributed by atoms with van der Waals surface area (Å²) in [6.45, 7) is 21.2. The molecule has 15 heteroatoms. The van der Waals surface area contributed by atoms with E-state index in [1.54, 1.807) is 38.5 Å². The largest absolute Gasteiger partial charge is 0.508 e. The van der Waals surface area contributed by atoms with Crippen molar-refractivity contribution in [3.63, 3.8) is 0 Å². The van der Waals surface area contributed by atoms with E-state index in [1.165, 1.54) is 54.4 Å². The highest BCUT2D eigenvalue weighted by molar-refractivity contribution is 6.02. The molecule has 20 rings (SSSR count). The lowest BCUT2D eigenvalue weighted by Crippen LogP contribution is -2.57. The van der Waals surface area contributed by atoms with Crippen LogP contribution in [0, 0.1) is 144 Å². The number of ketones is 2. The third kappa shape index (κ3) is 14.1. The van der Waals surface area contributed by atoms with Gasteiger partial charge in [-0.1, -0.05) is 90.8 Å². The lowest BCUT2D eigenvalue weighted by Gasteiger charge is -2.62. The molecule has 116 heavy (non-hydrogen) atoms. The Balaban J connectivity index is 0.000000109. The van der Waals surface area contributed by atoms with Crippen LogP contribution in [-0.2, 0) is 23.8 Å². The number of rotatable bonds is 8. The van der Waals surface area contributed by atoms with Crippen LogP contribution in [0.3, 0.4) is 0 Å². The van der Waals surface area contributed by atoms with Crippen LogP contribution < -0.4 is 0 Å². The number of methoxy groups -OCH3 is 3. The summed E-state index contributed by atoms with van der Waals surface area (Å²) in [5.41, 5.74) is 8.31. The fourth-order valence-electron chi connectivity index (χ4n) is 33.1. The van der Waals surface area contributed by atoms with E-state index in [4.69, 9.17) is 14.2 Å². The summed E-state index contributed by atoms with van der Waals surface area (Å²) in [6.07, 6.45) is 41.3. The van der Waals surface area contributed by atoms with Crippen molar-refractivity contribution in [2.75, 3.05) is 54.4 Å². The molecule has 35 atom stereocenters. The zero-order valence-corrected chi connectivity index (χ0v) is 72.4. The third-order valence-electron chi connectivity index (χ3n) is 39.4. The predicted octanol–water partition coefficient (Wildman–Crippen LogP) is 17.0. The van der Waals surface area contributed by atoms with Gasteiger partial charge >= 0.3 is 0 Å². The van der Waals surface area contributed by atoms with Gasteiger partial charge in [-0.25, -0.2) is 0 Å². The lowest BCUT2D eigenvalue weighted by molar-refractivity contribution is -0.162. The van der Waals surface area contributed by atoms with E-state index < -0.39 is 0 Å². The zero-order chi connectivity index (χ0) is 82.3. The first-order chi connectivity index (χ1) is 55.3. The number of ether oxygens (including phenoxy) is 3. The molecule has 0 spiro atoms. The number of carbonyl (C=O) groups excluding carboxylic acids is 2. The number of aromatic hydroxyl groups is 2. The van der Waals surface area contributed by atoms with Gasteiger partial charge in [0, 0.05) is 75.7 Å². The number of hydrogen-bond acceptors (Lipinski definition) is 15. The van der Waals surface area contributed by atoms with Gasteiger partial charge in [-0.3, -0.25) is 9.59 Å². The molecule has 0 saturated heterocycles. The summed E-state index contributed by atoms with van der Waals surface area (Å²) in [5, 5.41) is 102. The number of fused-ring (bicyclic) bond motifs is 25. The molecule has 2 aromatic carbocycles. The van der Waals surface area contributed by atoms with Gasteiger partial charge in [0.2, 0.25) is 0 Å². The molecule has 0 aliphatic heterocycles. The molecule has 0 bridgehead atoms. The van der Waals surface area contributed by atoms with Crippen molar-refractivity contribution in [1.29, 1.82) is 0 Å². The summed E-state index contributed by atoms with van der Waals surface area (Å²) >= 11 is 0. The molecule has 0 heterocycles. The van der Waals surface area contributed by atoms with E-state index in [1.807, 2.05) is 31.4 Å². The van der Waals surface area contributed by atoms with Gasteiger partial charge < -0.3 is 65.3 Å². The maximum absolute atomic E-state index is 12.0. The maximum atomic E-state index is 12.0. The molecular formula is C101H148O15. The van der Waals surface area contributed by atoms with Crippen LogP contribution >= 0.6 is 0 Å². The predicted molar refractivity (Wildman–Crippen MR) is 451 cm³/mol. The number of aliphatic hydroxyl groups excluding tert-OH is 8. The van der Waals surface area contributed by atoms with Crippen molar-refractivity contribution in [3.8, 4) is 11.5 Å². The monoisotopic (exact) mass is 1600 g/mol. The second-order valence-corrected chi connectivity index (χ2v) is 43.9. The van der Waals surface area contributed by atoms with Gasteiger partial charge in [-0.05, 0) is 384 Å². The fourth-order valence-corrected chi connectivity index (χ4v) is 33.1. The van der Waals surface area contributed by atoms with E-state index >= 15 is 0 Å². The Bertz CT molecular complexity index is 3820. The number of allylic oxidation sites excluding steroid dienone is 6. The molecule has 18 aliphatic carbocycles. The first-order valence-electron chi connectivity index (χ1n) is 46.6. The molecule has 0 amide bonds.